The second-order valence-corrected chi connectivity index (χ2v) is 3.05. The molecule has 0 N–H and O–H groups in total. The number of methoxy groups -OCH3 is 1. The number of Topliss-reactive ketones (excluding diaryl/α,β-unsaturated/α-hetero) is 1. The molecule has 0 atom stereocenters. The Morgan fingerprint density at radius 2 is 2.15 bits per heavy atom. The topological polar surface area (TPSA) is 52.1 Å². The summed E-state index contributed by atoms with van der Waals surface area (Å²) in [6.07, 6.45) is 4.97. The molecule has 1 aliphatic carbocycles. The fraction of sp³-hybridized carbons (Fsp3) is 0.444. The zero-order valence-electron chi connectivity index (χ0n) is 7.36. The normalized spacial score (nSPS) is 15.5. The highest BCUT2D eigenvalue weighted by Crippen LogP contribution is 2.33. The van der Waals surface area contributed by atoms with E-state index in [4.69, 9.17) is 4.74 Å². The molecule has 0 saturated heterocycles. The molecule has 1 aromatic heterocycles. The highest BCUT2D eigenvalue weighted by Gasteiger charge is 2.33. The summed E-state index contributed by atoms with van der Waals surface area (Å²) in [6.45, 7) is 0. The summed E-state index contributed by atoms with van der Waals surface area (Å²) in [5, 5.41) is 0. The molecule has 4 heteroatoms. The van der Waals surface area contributed by atoms with Gasteiger partial charge in [0.05, 0.1) is 7.11 Å². The summed E-state index contributed by atoms with van der Waals surface area (Å²) >= 11 is 0. The van der Waals surface area contributed by atoms with Crippen LogP contribution in [0.4, 0.5) is 0 Å². The summed E-state index contributed by atoms with van der Waals surface area (Å²) in [4.78, 5) is 19.5. The minimum Gasteiger partial charge on any atom is -0.479 e. The van der Waals surface area contributed by atoms with E-state index in [2.05, 4.69) is 9.97 Å². The van der Waals surface area contributed by atoms with E-state index < -0.39 is 0 Å². The SMILES string of the molecule is COc1nccnc1C(=O)C1CC1. The molecule has 0 aliphatic heterocycles. The molecule has 0 radical (unpaired) electrons. The largest absolute Gasteiger partial charge is 0.479 e. The number of aromatic nitrogens is 2. The van der Waals surface area contributed by atoms with Crippen LogP contribution in [0.5, 0.6) is 5.88 Å². The van der Waals surface area contributed by atoms with Crippen molar-refractivity contribution in [3.8, 4) is 5.88 Å². The Balaban J connectivity index is 2.31. The molecule has 1 aromatic rings. The Kier molecular flexibility index (Phi) is 1.96. The molecule has 1 aliphatic rings. The van der Waals surface area contributed by atoms with Crippen LogP contribution in [0.2, 0.25) is 0 Å². The van der Waals surface area contributed by atoms with E-state index >= 15 is 0 Å². The first-order chi connectivity index (χ1) is 6.33. The monoisotopic (exact) mass is 178 g/mol. The summed E-state index contributed by atoms with van der Waals surface area (Å²) in [6, 6.07) is 0. The van der Waals surface area contributed by atoms with Crippen LogP contribution in [0.1, 0.15) is 23.3 Å². The predicted molar refractivity (Wildman–Crippen MR) is 45.6 cm³/mol. The van der Waals surface area contributed by atoms with Crippen LogP contribution in [0.3, 0.4) is 0 Å². The quantitative estimate of drug-likeness (QED) is 0.650. The highest BCUT2D eigenvalue weighted by molar-refractivity contribution is 5.99. The lowest BCUT2D eigenvalue weighted by atomic mass is 10.2. The van der Waals surface area contributed by atoms with Gasteiger partial charge in [-0.15, -0.1) is 0 Å². The van der Waals surface area contributed by atoms with E-state index in [0.29, 0.717) is 11.6 Å². The molecule has 2 rings (SSSR count). The van der Waals surface area contributed by atoms with E-state index in [1.165, 1.54) is 19.5 Å². The Morgan fingerprint density at radius 3 is 2.77 bits per heavy atom. The van der Waals surface area contributed by atoms with E-state index in [9.17, 15) is 4.79 Å². The number of hydrogen-bond acceptors (Lipinski definition) is 4. The first-order valence-corrected chi connectivity index (χ1v) is 4.22. The molecule has 0 aromatic carbocycles. The van der Waals surface area contributed by atoms with Crippen molar-refractivity contribution in [1.82, 2.24) is 9.97 Å². The van der Waals surface area contributed by atoms with Crippen molar-refractivity contribution in [2.75, 3.05) is 7.11 Å². The van der Waals surface area contributed by atoms with Crippen molar-refractivity contribution >= 4 is 5.78 Å². The van der Waals surface area contributed by atoms with E-state index in [1.54, 1.807) is 0 Å². The van der Waals surface area contributed by atoms with Gasteiger partial charge in [-0.25, -0.2) is 9.97 Å². The third kappa shape index (κ3) is 1.52. The van der Waals surface area contributed by atoms with Gasteiger partial charge in [-0.2, -0.15) is 0 Å². The third-order valence-electron chi connectivity index (χ3n) is 2.04. The van der Waals surface area contributed by atoms with Crippen LogP contribution in [0.15, 0.2) is 12.4 Å². The number of carbonyl (C=O) groups is 1. The average molecular weight is 178 g/mol. The Bertz CT molecular complexity index is 334. The van der Waals surface area contributed by atoms with Gasteiger partial charge in [-0.1, -0.05) is 0 Å². The molecule has 1 heterocycles. The van der Waals surface area contributed by atoms with Gasteiger partial charge in [0.25, 0.3) is 0 Å². The molecule has 68 valence electrons. The number of ketones is 1. The molecule has 0 unspecified atom stereocenters. The van der Waals surface area contributed by atoms with Crippen LogP contribution in [-0.4, -0.2) is 22.9 Å². The number of rotatable bonds is 3. The number of ether oxygens (including phenoxy) is 1. The molecule has 0 spiro atoms. The highest BCUT2D eigenvalue weighted by atomic mass is 16.5. The zero-order chi connectivity index (χ0) is 9.26. The van der Waals surface area contributed by atoms with Crippen LogP contribution < -0.4 is 4.74 Å². The van der Waals surface area contributed by atoms with Crippen molar-refractivity contribution in [3.63, 3.8) is 0 Å². The van der Waals surface area contributed by atoms with Gasteiger partial charge in [0.2, 0.25) is 5.88 Å². The summed E-state index contributed by atoms with van der Waals surface area (Å²) in [5.74, 6) is 0.551. The zero-order valence-corrected chi connectivity index (χ0v) is 7.36. The maximum atomic E-state index is 11.6. The molecule has 13 heavy (non-hydrogen) atoms. The third-order valence-corrected chi connectivity index (χ3v) is 2.04. The first kappa shape index (κ1) is 8.16. The van der Waals surface area contributed by atoms with Crippen LogP contribution in [0.25, 0.3) is 0 Å². The van der Waals surface area contributed by atoms with Crippen LogP contribution >= 0.6 is 0 Å². The lowest BCUT2D eigenvalue weighted by Gasteiger charge is -2.02. The van der Waals surface area contributed by atoms with Crippen molar-refractivity contribution in [1.29, 1.82) is 0 Å². The van der Waals surface area contributed by atoms with E-state index in [-0.39, 0.29) is 11.7 Å². The van der Waals surface area contributed by atoms with Crippen molar-refractivity contribution < 1.29 is 9.53 Å². The van der Waals surface area contributed by atoms with Gasteiger partial charge in [0.15, 0.2) is 11.5 Å². The average Bonchev–Trinajstić information content (AvgIpc) is 3.00. The Labute approximate surface area is 76.0 Å². The fourth-order valence-electron chi connectivity index (χ4n) is 1.18. The second kappa shape index (κ2) is 3.12. The molecule has 4 nitrogen and oxygen atoms in total. The molecular weight excluding hydrogens is 168 g/mol. The number of hydrogen-bond donors (Lipinski definition) is 0. The number of carbonyl (C=O) groups excluding carboxylic acids is 1. The number of nitrogens with zero attached hydrogens (tertiary/aromatic N) is 2. The van der Waals surface area contributed by atoms with Gasteiger partial charge in [-0.05, 0) is 12.8 Å². The summed E-state index contributed by atoms with van der Waals surface area (Å²) in [5.41, 5.74) is 0.368. The van der Waals surface area contributed by atoms with Gasteiger partial charge >= 0.3 is 0 Å². The first-order valence-electron chi connectivity index (χ1n) is 4.22. The standard InChI is InChI=1S/C9H10N2O2/c1-13-9-7(10-4-5-11-9)8(12)6-2-3-6/h4-6H,2-3H2,1H3. The Hall–Kier alpha value is -1.45. The van der Waals surface area contributed by atoms with Gasteiger partial charge in [-0.3, -0.25) is 4.79 Å². The minimum atomic E-state index is 0.0601. The lowest BCUT2D eigenvalue weighted by molar-refractivity contribution is 0.0958. The van der Waals surface area contributed by atoms with E-state index in [0.717, 1.165) is 12.8 Å². The maximum Gasteiger partial charge on any atom is 0.243 e. The maximum absolute atomic E-state index is 11.6. The van der Waals surface area contributed by atoms with Gasteiger partial charge in [0.1, 0.15) is 0 Å². The molecule has 1 saturated carbocycles. The summed E-state index contributed by atoms with van der Waals surface area (Å²) in [7, 11) is 1.49. The van der Waals surface area contributed by atoms with Gasteiger partial charge < -0.3 is 4.74 Å². The summed E-state index contributed by atoms with van der Waals surface area (Å²) < 4.78 is 4.95. The molecular formula is C9H10N2O2. The van der Waals surface area contributed by atoms with Crippen LogP contribution in [0, 0.1) is 5.92 Å². The predicted octanol–water partition coefficient (Wildman–Crippen LogP) is 1.08. The minimum absolute atomic E-state index is 0.0601. The lowest BCUT2D eigenvalue weighted by Crippen LogP contribution is -2.07. The van der Waals surface area contributed by atoms with Crippen molar-refractivity contribution in [2.24, 2.45) is 5.92 Å². The van der Waals surface area contributed by atoms with E-state index in [1.807, 2.05) is 0 Å². The molecule has 0 amide bonds. The van der Waals surface area contributed by atoms with Crippen molar-refractivity contribution in [3.05, 3.63) is 18.1 Å². The van der Waals surface area contributed by atoms with Gasteiger partial charge in [0, 0.05) is 18.3 Å². The van der Waals surface area contributed by atoms with Crippen LogP contribution in [-0.2, 0) is 0 Å². The van der Waals surface area contributed by atoms with Crippen molar-refractivity contribution in [2.45, 2.75) is 12.8 Å². The smallest absolute Gasteiger partial charge is 0.243 e. The molecule has 0 bridgehead atoms. The Morgan fingerprint density at radius 1 is 1.46 bits per heavy atom. The molecule has 1 fully saturated rings. The fourth-order valence-corrected chi connectivity index (χ4v) is 1.18. The second-order valence-electron chi connectivity index (χ2n) is 3.05.